The van der Waals surface area contributed by atoms with Gasteiger partial charge in [-0.05, 0) is 39.9 Å². The SMILES string of the molecule is CCC(C)(C)c1ccc(ON(C(=O)C(C)C(C)(C)CC)c2cc(O)c(-n3ncc([N+](=O)[O-])n3)cc2O)cc1. The number of hydrogen-bond donors (Lipinski definition) is 2. The van der Waals surface area contributed by atoms with Gasteiger partial charge < -0.3 is 25.2 Å². The largest absolute Gasteiger partial charge is 0.506 e. The van der Waals surface area contributed by atoms with E-state index in [9.17, 15) is 25.1 Å². The number of anilines is 1. The van der Waals surface area contributed by atoms with Gasteiger partial charge in [0, 0.05) is 18.1 Å². The van der Waals surface area contributed by atoms with Crippen LogP contribution < -0.4 is 9.90 Å². The third kappa shape index (κ3) is 5.71. The van der Waals surface area contributed by atoms with Crippen LogP contribution in [0, 0.1) is 21.4 Å². The van der Waals surface area contributed by atoms with Gasteiger partial charge in [-0.3, -0.25) is 4.79 Å². The molecule has 1 atom stereocenters. The average Bonchev–Trinajstić information content (AvgIpc) is 3.38. The molecule has 11 nitrogen and oxygen atoms in total. The van der Waals surface area contributed by atoms with Crippen LogP contribution in [0.1, 0.15) is 66.9 Å². The molecule has 0 radical (unpaired) electrons. The highest BCUT2D eigenvalue weighted by Crippen LogP contribution is 2.40. The van der Waals surface area contributed by atoms with E-state index in [0.29, 0.717) is 12.2 Å². The molecule has 0 saturated heterocycles. The van der Waals surface area contributed by atoms with Gasteiger partial charge in [-0.25, -0.2) is 0 Å². The first kappa shape index (κ1) is 28.4. The van der Waals surface area contributed by atoms with E-state index in [2.05, 4.69) is 31.0 Å². The Morgan fingerprint density at radius 3 is 2.26 bits per heavy atom. The lowest BCUT2D eigenvalue weighted by Crippen LogP contribution is -2.43. The number of aromatic nitrogens is 3. The van der Waals surface area contributed by atoms with Crippen LogP contribution in [0.4, 0.5) is 11.5 Å². The van der Waals surface area contributed by atoms with Crippen molar-refractivity contribution >= 4 is 17.4 Å². The van der Waals surface area contributed by atoms with Crippen molar-refractivity contribution < 1.29 is 24.8 Å². The van der Waals surface area contributed by atoms with E-state index < -0.39 is 34.1 Å². The molecule has 204 valence electrons. The van der Waals surface area contributed by atoms with E-state index in [1.807, 2.05) is 32.9 Å². The Kier molecular flexibility index (Phi) is 7.99. The van der Waals surface area contributed by atoms with Crippen molar-refractivity contribution in [1.29, 1.82) is 0 Å². The van der Waals surface area contributed by atoms with Gasteiger partial charge in [0.15, 0.2) is 17.6 Å². The van der Waals surface area contributed by atoms with E-state index in [-0.39, 0.29) is 22.2 Å². The molecule has 0 aliphatic carbocycles. The summed E-state index contributed by atoms with van der Waals surface area (Å²) in [6.45, 7) is 14.1. The third-order valence-corrected chi connectivity index (χ3v) is 7.54. The predicted molar refractivity (Wildman–Crippen MR) is 142 cm³/mol. The molecule has 11 heteroatoms. The lowest BCUT2D eigenvalue weighted by molar-refractivity contribution is -0.389. The molecule has 0 fully saturated rings. The first-order chi connectivity index (χ1) is 17.7. The minimum Gasteiger partial charge on any atom is -0.506 e. The molecular formula is C27H35N5O6. The summed E-state index contributed by atoms with van der Waals surface area (Å²) < 4.78 is 0. The zero-order chi connectivity index (χ0) is 28.4. The highest BCUT2D eigenvalue weighted by Gasteiger charge is 2.36. The fourth-order valence-electron chi connectivity index (χ4n) is 3.64. The molecule has 38 heavy (non-hydrogen) atoms. The van der Waals surface area contributed by atoms with E-state index >= 15 is 0 Å². The van der Waals surface area contributed by atoms with Gasteiger partial charge in [0.2, 0.25) is 0 Å². The van der Waals surface area contributed by atoms with Gasteiger partial charge in [-0.2, -0.15) is 0 Å². The van der Waals surface area contributed by atoms with Crippen LogP contribution in [0.5, 0.6) is 17.2 Å². The van der Waals surface area contributed by atoms with Crippen LogP contribution >= 0.6 is 0 Å². The van der Waals surface area contributed by atoms with Gasteiger partial charge in [0.25, 0.3) is 5.91 Å². The van der Waals surface area contributed by atoms with Crippen LogP contribution in [0.15, 0.2) is 42.6 Å². The molecule has 0 bridgehead atoms. The van der Waals surface area contributed by atoms with Gasteiger partial charge in [0.05, 0.1) is 5.10 Å². The quantitative estimate of drug-likeness (QED) is 0.196. The fourth-order valence-corrected chi connectivity index (χ4v) is 3.64. The monoisotopic (exact) mass is 525 g/mol. The van der Waals surface area contributed by atoms with Crippen LogP contribution in [0.2, 0.25) is 0 Å². The Morgan fingerprint density at radius 1 is 1.11 bits per heavy atom. The molecule has 2 aromatic carbocycles. The van der Waals surface area contributed by atoms with E-state index in [1.165, 1.54) is 0 Å². The number of amides is 1. The first-order valence-corrected chi connectivity index (χ1v) is 12.5. The van der Waals surface area contributed by atoms with E-state index in [0.717, 1.165) is 40.2 Å². The van der Waals surface area contributed by atoms with E-state index in [1.54, 1.807) is 19.1 Å². The lowest BCUT2D eigenvalue weighted by Gasteiger charge is -2.34. The summed E-state index contributed by atoms with van der Waals surface area (Å²) in [5.74, 6) is -1.95. The van der Waals surface area contributed by atoms with Crippen molar-refractivity contribution in [3.8, 4) is 22.9 Å². The Balaban J connectivity index is 2.06. The van der Waals surface area contributed by atoms with Crippen molar-refractivity contribution in [2.75, 3.05) is 5.06 Å². The Bertz CT molecular complexity index is 1320. The van der Waals surface area contributed by atoms with Crippen LogP contribution in [-0.2, 0) is 10.2 Å². The van der Waals surface area contributed by atoms with Crippen LogP contribution in [0.3, 0.4) is 0 Å². The second-order valence-corrected chi connectivity index (χ2v) is 10.6. The maximum absolute atomic E-state index is 13.7. The summed E-state index contributed by atoms with van der Waals surface area (Å²) in [5, 5.41) is 41.1. The number of hydroxylamine groups is 1. The number of benzene rings is 2. The second kappa shape index (κ2) is 10.7. The topological polar surface area (TPSA) is 144 Å². The Morgan fingerprint density at radius 2 is 1.74 bits per heavy atom. The van der Waals surface area contributed by atoms with Crippen molar-refractivity contribution in [3.05, 3.63) is 58.3 Å². The maximum Gasteiger partial charge on any atom is 0.410 e. The van der Waals surface area contributed by atoms with Crippen molar-refractivity contribution in [3.63, 3.8) is 0 Å². The number of nitro groups is 1. The number of nitrogens with zero attached hydrogens (tertiary/aromatic N) is 5. The zero-order valence-corrected chi connectivity index (χ0v) is 22.8. The van der Waals surface area contributed by atoms with Gasteiger partial charge in [0.1, 0.15) is 17.2 Å². The molecule has 3 rings (SSSR count). The Hall–Kier alpha value is -4.15. The van der Waals surface area contributed by atoms with Gasteiger partial charge in [-0.15, -0.1) is 10.2 Å². The number of carbonyl (C=O) groups excluding carboxylic acids is 1. The first-order valence-electron chi connectivity index (χ1n) is 12.5. The molecule has 0 saturated carbocycles. The number of phenolic OH excluding ortho intramolecular Hbond substituents is 2. The molecule has 1 amide bonds. The second-order valence-electron chi connectivity index (χ2n) is 10.6. The van der Waals surface area contributed by atoms with Crippen molar-refractivity contribution in [2.24, 2.45) is 11.3 Å². The van der Waals surface area contributed by atoms with Crippen LogP contribution in [-0.4, -0.2) is 36.0 Å². The fraction of sp³-hybridized carbons (Fsp3) is 0.444. The normalized spacial score (nSPS) is 12.7. The summed E-state index contributed by atoms with van der Waals surface area (Å²) in [6, 6.07) is 9.61. The molecule has 1 unspecified atom stereocenters. The molecule has 1 heterocycles. The zero-order valence-electron chi connectivity index (χ0n) is 22.8. The summed E-state index contributed by atoms with van der Waals surface area (Å²) >= 11 is 0. The summed E-state index contributed by atoms with van der Waals surface area (Å²) in [4.78, 5) is 30.8. The molecule has 1 aromatic heterocycles. The third-order valence-electron chi connectivity index (χ3n) is 7.54. The smallest absolute Gasteiger partial charge is 0.410 e. The highest BCUT2D eigenvalue weighted by atomic mass is 16.7. The van der Waals surface area contributed by atoms with Gasteiger partial charge in [-0.1, -0.05) is 71.8 Å². The number of hydrogen-bond acceptors (Lipinski definition) is 8. The number of aromatic hydroxyl groups is 2. The minimum absolute atomic E-state index is 0.0385. The molecule has 2 N–H and O–H groups in total. The summed E-state index contributed by atoms with van der Waals surface area (Å²) in [7, 11) is 0. The van der Waals surface area contributed by atoms with Crippen molar-refractivity contribution in [1.82, 2.24) is 15.0 Å². The number of phenols is 2. The average molecular weight is 526 g/mol. The molecule has 0 aliphatic rings. The van der Waals surface area contributed by atoms with Crippen LogP contribution in [0.25, 0.3) is 5.69 Å². The molecule has 3 aromatic rings. The number of rotatable bonds is 10. The lowest BCUT2D eigenvalue weighted by atomic mass is 9.77. The Labute approximate surface area is 221 Å². The summed E-state index contributed by atoms with van der Waals surface area (Å²) in [5.41, 5.74) is 0.470. The highest BCUT2D eigenvalue weighted by molar-refractivity contribution is 5.95. The maximum atomic E-state index is 13.7. The molecular weight excluding hydrogens is 490 g/mol. The molecule has 0 spiro atoms. The minimum atomic E-state index is -0.729. The van der Waals surface area contributed by atoms with Crippen molar-refractivity contribution in [2.45, 2.75) is 66.7 Å². The predicted octanol–water partition coefficient (Wildman–Crippen LogP) is 5.67. The number of carbonyl (C=O) groups is 1. The molecule has 0 aliphatic heterocycles. The standard InChI is InChI=1S/C27H35N5O6/c1-8-26(4,5)17(3)25(35)30(38-19-12-10-18(11-13-19)27(6,7)9-2)20-14-23(34)21(15-22(20)33)31-28-16-24(29-31)32(36)37/h10-17,33-34H,8-9H2,1-7H3. The van der Waals surface area contributed by atoms with Gasteiger partial charge >= 0.3 is 5.82 Å². The van der Waals surface area contributed by atoms with E-state index in [4.69, 9.17) is 4.84 Å². The summed E-state index contributed by atoms with van der Waals surface area (Å²) in [6.07, 6.45) is 2.57.